The van der Waals surface area contributed by atoms with Gasteiger partial charge in [0.15, 0.2) is 5.03 Å². The first-order chi connectivity index (χ1) is 10.8. The zero-order valence-electron chi connectivity index (χ0n) is 13.9. The smallest absolute Gasteiger partial charge is 0.256 e. The summed E-state index contributed by atoms with van der Waals surface area (Å²) in [5, 5.41) is 4.45. The number of hydrogen-bond donors (Lipinski definition) is 0. The third-order valence-electron chi connectivity index (χ3n) is 4.70. The molecule has 0 radical (unpaired) electrons. The van der Waals surface area contributed by atoms with Crippen molar-refractivity contribution in [3.63, 3.8) is 0 Å². The zero-order chi connectivity index (χ0) is 16.7. The Hall–Kier alpha value is -1.66. The molecule has 0 aliphatic carbocycles. The summed E-state index contributed by atoms with van der Waals surface area (Å²) in [6, 6.07) is 11.8. The molecular weight excluding hydrogens is 310 g/mol. The minimum absolute atomic E-state index is 0.153. The van der Waals surface area contributed by atoms with E-state index in [1.807, 2.05) is 25.1 Å². The van der Waals surface area contributed by atoms with Crippen LogP contribution in [0.3, 0.4) is 0 Å². The number of piperidine rings is 1. The summed E-state index contributed by atoms with van der Waals surface area (Å²) in [6.07, 6.45) is 1.86. The van der Waals surface area contributed by atoms with E-state index in [1.54, 1.807) is 17.4 Å². The molecular formula is C17H23N3O2S. The molecule has 2 heterocycles. The van der Waals surface area contributed by atoms with Crippen LogP contribution in [0.5, 0.6) is 0 Å². The highest BCUT2D eigenvalue weighted by molar-refractivity contribution is 7.89. The van der Waals surface area contributed by atoms with Gasteiger partial charge < -0.3 is 0 Å². The molecule has 1 aliphatic rings. The van der Waals surface area contributed by atoms with Gasteiger partial charge in [0.05, 0.1) is 5.69 Å². The minimum atomic E-state index is -3.52. The normalized spacial score (nSPS) is 23.1. The topological polar surface area (TPSA) is 55.2 Å². The van der Waals surface area contributed by atoms with Crippen LogP contribution in [0.25, 0.3) is 0 Å². The number of aromatic nitrogens is 2. The third-order valence-corrected chi connectivity index (χ3v) is 6.60. The van der Waals surface area contributed by atoms with E-state index < -0.39 is 10.0 Å². The standard InChI is InChI=1S/C17H23N3O2S/c1-14-12-16(19(3)18-14)23(21,22)20-11-7-10-17(2,13-20)15-8-5-4-6-9-15/h4-6,8-9,12H,7,10-11,13H2,1-3H3/t17-/m0/s1. The first kappa shape index (κ1) is 16.2. The summed E-state index contributed by atoms with van der Waals surface area (Å²) in [7, 11) is -1.84. The molecule has 6 heteroatoms. The average Bonchev–Trinajstić information content (AvgIpc) is 2.88. The van der Waals surface area contributed by atoms with Gasteiger partial charge in [0.25, 0.3) is 10.0 Å². The van der Waals surface area contributed by atoms with Gasteiger partial charge in [-0.3, -0.25) is 4.68 Å². The highest BCUT2D eigenvalue weighted by Crippen LogP contribution is 2.35. The summed E-state index contributed by atoms with van der Waals surface area (Å²) in [6.45, 7) is 5.03. The maximum absolute atomic E-state index is 13.0. The molecule has 1 aliphatic heterocycles. The molecule has 3 rings (SSSR count). The molecule has 1 saturated heterocycles. The SMILES string of the molecule is Cc1cc(S(=O)(=O)N2CCC[C@](C)(c3ccccc3)C2)n(C)n1. The van der Waals surface area contributed by atoms with E-state index in [4.69, 9.17) is 0 Å². The van der Waals surface area contributed by atoms with Crippen LogP contribution in [-0.2, 0) is 22.5 Å². The summed E-state index contributed by atoms with van der Waals surface area (Å²) in [5.41, 5.74) is 1.76. The second-order valence-corrected chi connectivity index (χ2v) is 8.50. The molecule has 1 fully saturated rings. The molecule has 0 saturated carbocycles. The van der Waals surface area contributed by atoms with Crippen LogP contribution in [0.15, 0.2) is 41.4 Å². The lowest BCUT2D eigenvalue weighted by Gasteiger charge is -2.40. The second kappa shape index (κ2) is 5.76. The van der Waals surface area contributed by atoms with E-state index in [0.29, 0.717) is 18.8 Å². The number of nitrogens with zero attached hydrogens (tertiary/aromatic N) is 3. The Morgan fingerprint density at radius 3 is 2.52 bits per heavy atom. The lowest BCUT2D eigenvalue weighted by atomic mass is 9.77. The minimum Gasteiger partial charge on any atom is -0.256 e. The molecule has 0 spiro atoms. The highest BCUT2D eigenvalue weighted by atomic mass is 32.2. The van der Waals surface area contributed by atoms with Crippen LogP contribution in [-0.4, -0.2) is 35.6 Å². The lowest BCUT2D eigenvalue weighted by Crippen LogP contribution is -2.47. The molecule has 5 nitrogen and oxygen atoms in total. The van der Waals surface area contributed by atoms with Crippen molar-refractivity contribution in [1.82, 2.24) is 14.1 Å². The van der Waals surface area contributed by atoms with Crippen LogP contribution in [0.1, 0.15) is 31.0 Å². The van der Waals surface area contributed by atoms with Gasteiger partial charge in [-0.1, -0.05) is 37.3 Å². The zero-order valence-corrected chi connectivity index (χ0v) is 14.7. The largest absolute Gasteiger partial charge is 0.260 e. The van der Waals surface area contributed by atoms with Crippen LogP contribution in [0, 0.1) is 6.92 Å². The van der Waals surface area contributed by atoms with Crippen molar-refractivity contribution in [2.75, 3.05) is 13.1 Å². The monoisotopic (exact) mass is 333 g/mol. The van der Waals surface area contributed by atoms with Crippen molar-refractivity contribution >= 4 is 10.0 Å². The van der Waals surface area contributed by atoms with Gasteiger partial charge in [-0.25, -0.2) is 8.42 Å². The fraction of sp³-hybridized carbons (Fsp3) is 0.471. The predicted octanol–water partition coefficient (Wildman–Crippen LogP) is 2.47. The van der Waals surface area contributed by atoms with Crippen LogP contribution < -0.4 is 0 Å². The van der Waals surface area contributed by atoms with Crippen molar-refractivity contribution in [2.24, 2.45) is 7.05 Å². The first-order valence-corrected chi connectivity index (χ1v) is 9.33. The van der Waals surface area contributed by atoms with Gasteiger partial charge in [-0.15, -0.1) is 0 Å². The molecule has 1 aromatic heterocycles. The van der Waals surface area contributed by atoms with E-state index >= 15 is 0 Å². The Morgan fingerprint density at radius 2 is 1.91 bits per heavy atom. The number of aryl methyl sites for hydroxylation is 2. The Bertz CT molecular complexity index is 799. The summed E-state index contributed by atoms with van der Waals surface area (Å²) < 4.78 is 29.1. The molecule has 23 heavy (non-hydrogen) atoms. The molecule has 0 bridgehead atoms. The quantitative estimate of drug-likeness (QED) is 0.867. The Labute approximate surface area is 138 Å². The fourth-order valence-corrected chi connectivity index (χ4v) is 5.22. The van der Waals surface area contributed by atoms with E-state index in [1.165, 1.54) is 10.2 Å². The number of sulfonamides is 1. The van der Waals surface area contributed by atoms with Crippen LogP contribution >= 0.6 is 0 Å². The fourth-order valence-electron chi connectivity index (χ4n) is 3.43. The molecule has 1 aromatic carbocycles. The molecule has 0 amide bonds. The van der Waals surface area contributed by atoms with Gasteiger partial charge in [0.2, 0.25) is 0 Å². The van der Waals surface area contributed by atoms with Gasteiger partial charge in [-0.2, -0.15) is 9.40 Å². The highest BCUT2D eigenvalue weighted by Gasteiger charge is 2.39. The molecule has 2 aromatic rings. The van der Waals surface area contributed by atoms with Crippen molar-refractivity contribution in [2.45, 2.75) is 37.1 Å². The van der Waals surface area contributed by atoms with E-state index in [2.05, 4.69) is 24.2 Å². The van der Waals surface area contributed by atoms with Crippen molar-refractivity contribution in [3.05, 3.63) is 47.7 Å². The first-order valence-electron chi connectivity index (χ1n) is 7.89. The van der Waals surface area contributed by atoms with Gasteiger partial charge in [0.1, 0.15) is 0 Å². The lowest BCUT2D eigenvalue weighted by molar-refractivity contribution is 0.239. The Balaban J connectivity index is 1.93. The van der Waals surface area contributed by atoms with Crippen molar-refractivity contribution < 1.29 is 8.42 Å². The Morgan fingerprint density at radius 1 is 1.22 bits per heavy atom. The molecule has 124 valence electrons. The molecule has 0 N–H and O–H groups in total. The van der Waals surface area contributed by atoms with Gasteiger partial charge >= 0.3 is 0 Å². The molecule has 0 unspecified atom stereocenters. The number of hydrogen-bond acceptors (Lipinski definition) is 3. The van der Waals surface area contributed by atoms with E-state index in [-0.39, 0.29) is 10.4 Å². The van der Waals surface area contributed by atoms with E-state index in [9.17, 15) is 8.42 Å². The van der Waals surface area contributed by atoms with E-state index in [0.717, 1.165) is 12.8 Å². The Kier molecular flexibility index (Phi) is 4.06. The molecule has 1 atom stereocenters. The number of rotatable bonds is 3. The summed E-state index contributed by atoms with van der Waals surface area (Å²) >= 11 is 0. The maximum Gasteiger partial charge on any atom is 0.260 e. The summed E-state index contributed by atoms with van der Waals surface area (Å²) in [4.78, 5) is 0. The van der Waals surface area contributed by atoms with Gasteiger partial charge in [0, 0.05) is 25.6 Å². The van der Waals surface area contributed by atoms with Crippen LogP contribution in [0.2, 0.25) is 0 Å². The van der Waals surface area contributed by atoms with Crippen LogP contribution in [0.4, 0.5) is 0 Å². The second-order valence-electron chi connectivity index (χ2n) is 6.62. The number of benzene rings is 1. The van der Waals surface area contributed by atoms with Crippen molar-refractivity contribution in [1.29, 1.82) is 0 Å². The predicted molar refractivity (Wildman–Crippen MR) is 89.7 cm³/mol. The maximum atomic E-state index is 13.0. The van der Waals surface area contributed by atoms with Gasteiger partial charge in [-0.05, 0) is 31.4 Å². The third kappa shape index (κ3) is 2.93. The summed E-state index contributed by atoms with van der Waals surface area (Å²) in [5.74, 6) is 0. The van der Waals surface area contributed by atoms with Crippen molar-refractivity contribution in [3.8, 4) is 0 Å². The average molecular weight is 333 g/mol.